The van der Waals surface area contributed by atoms with Crippen molar-refractivity contribution in [3.8, 4) is 0 Å². The van der Waals surface area contributed by atoms with Gasteiger partial charge in [0.15, 0.2) is 0 Å². The third-order valence-corrected chi connectivity index (χ3v) is 1.95. The lowest BCUT2D eigenvalue weighted by Crippen LogP contribution is -2.36. The number of amides is 1. The second-order valence-electron chi connectivity index (χ2n) is 2.87. The molecule has 6 heteroatoms. The molecule has 0 aromatic carbocycles. The van der Waals surface area contributed by atoms with Crippen LogP contribution in [0.1, 0.15) is 17.4 Å². The fourth-order valence-corrected chi connectivity index (χ4v) is 1.09. The van der Waals surface area contributed by atoms with Crippen LogP contribution in [0.15, 0.2) is 12.3 Å². The van der Waals surface area contributed by atoms with Crippen molar-refractivity contribution in [1.82, 2.24) is 15.1 Å². The average molecular weight is 211 g/mol. The van der Waals surface area contributed by atoms with Crippen molar-refractivity contribution in [1.29, 1.82) is 0 Å². The summed E-state index contributed by atoms with van der Waals surface area (Å²) in [5.41, 5.74) is 0.362. The van der Waals surface area contributed by atoms with Crippen LogP contribution in [0.2, 0.25) is 0 Å². The first-order chi connectivity index (χ1) is 7.19. The number of rotatable bonds is 4. The van der Waals surface area contributed by atoms with E-state index in [2.05, 4.69) is 14.9 Å². The van der Waals surface area contributed by atoms with Crippen LogP contribution in [-0.2, 0) is 9.53 Å². The molecule has 0 saturated carbocycles. The van der Waals surface area contributed by atoms with Gasteiger partial charge in [-0.1, -0.05) is 0 Å². The van der Waals surface area contributed by atoms with Gasteiger partial charge in [-0.15, -0.1) is 0 Å². The predicted molar refractivity (Wildman–Crippen MR) is 52.2 cm³/mol. The number of nitrogens with zero attached hydrogens (tertiary/aromatic N) is 2. The summed E-state index contributed by atoms with van der Waals surface area (Å²) in [6.45, 7) is 2.18. The van der Waals surface area contributed by atoms with Crippen LogP contribution >= 0.6 is 0 Å². The predicted octanol–water partition coefficient (Wildman–Crippen LogP) is 0.0448. The van der Waals surface area contributed by atoms with Gasteiger partial charge >= 0.3 is 5.97 Å². The molecule has 0 aliphatic rings. The molecule has 82 valence electrons. The number of carbonyl (C=O) groups excluding carboxylic acids is 2. The van der Waals surface area contributed by atoms with Gasteiger partial charge in [0.1, 0.15) is 12.2 Å². The van der Waals surface area contributed by atoms with E-state index in [1.807, 2.05) is 0 Å². The molecular formula is C9H13N3O3. The number of H-pyrrole nitrogens is 1. The van der Waals surface area contributed by atoms with Gasteiger partial charge in [-0.05, 0) is 13.0 Å². The molecule has 1 rings (SSSR count). The van der Waals surface area contributed by atoms with Crippen LogP contribution in [0.25, 0.3) is 0 Å². The minimum atomic E-state index is -0.440. The molecule has 0 aliphatic heterocycles. The molecule has 0 saturated heterocycles. The number of carbonyl (C=O) groups is 2. The van der Waals surface area contributed by atoms with E-state index in [4.69, 9.17) is 0 Å². The van der Waals surface area contributed by atoms with Crippen LogP contribution in [0.4, 0.5) is 0 Å². The Hall–Kier alpha value is -1.85. The van der Waals surface area contributed by atoms with Gasteiger partial charge in [-0.25, -0.2) is 0 Å². The van der Waals surface area contributed by atoms with E-state index in [-0.39, 0.29) is 12.5 Å². The molecule has 0 fully saturated rings. The van der Waals surface area contributed by atoms with Crippen molar-refractivity contribution in [3.63, 3.8) is 0 Å². The Bertz CT molecular complexity index is 334. The Morgan fingerprint density at radius 1 is 1.60 bits per heavy atom. The number of aromatic amines is 1. The van der Waals surface area contributed by atoms with Crippen LogP contribution < -0.4 is 0 Å². The summed E-state index contributed by atoms with van der Waals surface area (Å²) in [6.07, 6.45) is 1.49. The van der Waals surface area contributed by atoms with Crippen LogP contribution in [0.5, 0.6) is 0 Å². The van der Waals surface area contributed by atoms with Gasteiger partial charge in [-0.3, -0.25) is 14.7 Å². The second kappa shape index (κ2) is 5.14. The number of ether oxygens (including phenoxy) is 1. The van der Waals surface area contributed by atoms with Gasteiger partial charge in [0.25, 0.3) is 5.91 Å². The normalized spacial score (nSPS) is 9.73. The highest BCUT2D eigenvalue weighted by Gasteiger charge is 2.18. The number of likely N-dealkylation sites (N-methyl/N-ethyl adjacent to an activating group) is 1. The zero-order valence-corrected chi connectivity index (χ0v) is 8.69. The summed E-state index contributed by atoms with van der Waals surface area (Å²) in [7, 11) is 1.29. The van der Waals surface area contributed by atoms with Gasteiger partial charge in [0.2, 0.25) is 0 Å². The minimum absolute atomic E-state index is 0.0507. The number of aromatic nitrogens is 2. The van der Waals surface area contributed by atoms with E-state index in [0.717, 1.165) is 0 Å². The Morgan fingerprint density at radius 2 is 2.33 bits per heavy atom. The quantitative estimate of drug-likeness (QED) is 0.714. The van der Waals surface area contributed by atoms with E-state index in [1.165, 1.54) is 18.2 Å². The largest absolute Gasteiger partial charge is 0.468 e. The Balaban J connectivity index is 2.67. The molecule has 0 bridgehead atoms. The van der Waals surface area contributed by atoms with Crippen LogP contribution in [0.3, 0.4) is 0 Å². The average Bonchev–Trinajstić information content (AvgIpc) is 2.77. The standard InChI is InChI=1S/C9H13N3O3/c1-3-12(6-8(13)15-2)9(14)7-4-5-10-11-7/h4-5H,3,6H2,1-2H3,(H,10,11). The van der Waals surface area contributed by atoms with E-state index in [1.54, 1.807) is 13.0 Å². The maximum atomic E-state index is 11.7. The van der Waals surface area contributed by atoms with Crippen molar-refractivity contribution >= 4 is 11.9 Å². The van der Waals surface area contributed by atoms with Crippen molar-refractivity contribution in [2.24, 2.45) is 0 Å². The lowest BCUT2D eigenvalue weighted by atomic mass is 10.3. The molecule has 6 nitrogen and oxygen atoms in total. The van der Waals surface area contributed by atoms with Crippen molar-refractivity contribution in [2.45, 2.75) is 6.92 Å². The zero-order chi connectivity index (χ0) is 11.3. The number of hydrogen-bond acceptors (Lipinski definition) is 4. The smallest absolute Gasteiger partial charge is 0.325 e. The molecule has 15 heavy (non-hydrogen) atoms. The fraction of sp³-hybridized carbons (Fsp3) is 0.444. The minimum Gasteiger partial charge on any atom is -0.468 e. The van der Waals surface area contributed by atoms with Crippen LogP contribution in [-0.4, -0.2) is 47.2 Å². The zero-order valence-electron chi connectivity index (χ0n) is 8.69. The van der Waals surface area contributed by atoms with Crippen molar-refractivity contribution in [2.75, 3.05) is 20.2 Å². The van der Waals surface area contributed by atoms with Gasteiger partial charge in [-0.2, -0.15) is 5.10 Å². The number of methoxy groups -OCH3 is 1. The Morgan fingerprint density at radius 3 is 2.80 bits per heavy atom. The van der Waals surface area contributed by atoms with Crippen molar-refractivity contribution < 1.29 is 14.3 Å². The fourth-order valence-electron chi connectivity index (χ4n) is 1.09. The molecule has 1 aromatic rings. The third kappa shape index (κ3) is 2.80. The first-order valence-corrected chi connectivity index (χ1v) is 4.54. The summed E-state index contributed by atoms with van der Waals surface area (Å²) in [5, 5.41) is 6.22. The first kappa shape index (κ1) is 11.2. The maximum absolute atomic E-state index is 11.7. The molecule has 0 unspecified atom stereocenters. The monoisotopic (exact) mass is 211 g/mol. The molecule has 0 atom stereocenters. The van der Waals surface area contributed by atoms with E-state index < -0.39 is 5.97 Å². The van der Waals surface area contributed by atoms with Crippen LogP contribution in [0, 0.1) is 0 Å². The second-order valence-corrected chi connectivity index (χ2v) is 2.87. The lowest BCUT2D eigenvalue weighted by molar-refractivity contribution is -0.141. The van der Waals surface area contributed by atoms with Gasteiger partial charge < -0.3 is 9.64 Å². The summed E-state index contributed by atoms with van der Waals surface area (Å²) >= 11 is 0. The summed E-state index contributed by atoms with van der Waals surface area (Å²) in [6, 6.07) is 1.56. The highest BCUT2D eigenvalue weighted by atomic mass is 16.5. The molecule has 1 aromatic heterocycles. The van der Waals surface area contributed by atoms with E-state index >= 15 is 0 Å². The number of hydrogen-bond donors (Lipinski definition) is 1. The number of nitrogens with one attached hydrogen (secondary N) is 1. The molecule has 1 amide bonds. The van der Waals surface area contributed by atoms with Gasteiger partial charge in [0, 0.05) is 12.7 Å². The molecule has 1 N–H and O–H groups in total. The SMILES string of the molecule is CCN(CC(=O)OC)C(=O)c1ccn[nH]1. The summed E-state index contributed by atoms with van der Waals surface area (Å²) in [4.78, 5) is 24.1. The molecule has 0 aliphatic carbocycles. The molecule has 1 heterocycles. The van der Waals surface area contributed by atoms with Gasteiger partial charge in [0.05, 0.1) is 7.11 Å². The lowest BCUT2D eigenvalue weighted by Gasteiger charge is -2.18. The third-order valence-electron chi connectivity index (χ3n) is 1.95. The number of esters is 1. The highest BCUT2D eigenvalue weighted by Crippen LogP contribution is 2.00. The summed E-state index contributed by atoms with van der Waals surface area (Å²) in [5.74, 6) is -0.704. The van der Waals surface area contributed by atoms with Crippen molar-refractivity contribution in [3.05, 3.63) is 18.0 Å². The topological polar surface area (TPSA) is 75.3 Å². The Kier molecular flexibility index (Phi) is 3.84. The molecule has 0 spiro atoms. The molecular weight excluding hydrogens is 198 g/mol. The maximum Gasteiger partial charge on any atom is 0.325 e. The van der Waals surface area contributed by atoms with E-state index in [0.29, 0.717) is 12.2 Å². The molecule has 0 radical (unpaired) electrons. The first-order valence-electron chi connectivity index (χ1n) is 4.54. The summed E-state index contributed by atoms with van der Waals surface area (Å²) < 4.78 is 4.49. The Labute approximate surface area is 87.2 Å². The highest BCUT2D eigenvalue weighted by molar-refractivity contribution is 5.94. The van der Waals surface area contributed by atoms with E-state index in [9.17, 15) is 9.59 Å².